The predicted molar refractivity (Wildman–Crippen MR) is 88.4 cm³/mol. The molecule has 2 nitrogen and oxygen atoms in total. The van der Waals surface area contributed by atoms with Crippen LogP contribution in [0.15, 0.2) is 48.2 Å². The Labute approximate surface area is 129 Å². The van der Waals surface area contributed by atoms with Crippen molar-refractivity contribution in [2.75, 3.05) is 5.33 Å². The van der Waals surface area contributed by atoms with Crippen LogP contribution in [0.3, 0.4) is 0 Å². The molecule has 0 amide bonds. The first-order chi connectivity index (χ1) is 9.83. The van der Waals surface area contributed by atoms with E-state index in [1.807, 2.05) is 30.3 Å². The second-order valence-electron chi connectivity index (χ2n) is 4.74. The van der Waals surface area contributed by atoms with Crippen molar-refractivity contribution in [1.82, 2.24) is 4.98 Å². The Hall–Kier alpha value is -1.35. The van der Waals surface area contributed by atoms with Crippen LogP contribution in [0.5, 0.6) is 5.88 Å². The summed E-state index contributed by atoms with van der Waals surface area (Å²) >= 11 is 3.47. The number of ether oxygens (including phenoxy) is 1. The average Bonchev–Trinajstić information content (AvgIpc) is 2.50. The Kier molecular flexibility index (Phi) is 6.06. The van der Waals surface area contributed by atoms with E-state index in [9.17, 15) is 0 Å². The van der Waals surface area contributed by atoms with Gasteiger partial charge in [-0.2, -0.15) is 0 Å². The number of pyridine rings is 1. The highest BCUT2D eigenvalue weighted by Gasteiger charge is 2.02. The van der Waals surface area contributed by atoms with Crippen molar-refractivity contribution in [2.24, 2.45) is 0 Å². The molecule has 0 aliphatic carbocycles. The van der Waals surface area contributed by atoms with Crippen molar-refractivity contribution < 1.29 is 4.74 Å². The molecule has 3 heteroatoms. The smallest absolute Gasteiger partial charge is 0.219 e. The van der Waals surface area contributed by atoms with Crippen LogP contribution in [0.2, 0.25) is 0 Å². The maximum Gasteiger partial charge on any atom is 0.219 e. The summed E-state index contributed by atoms with van der Waals surface area (Å²) in [6.45, 7) is 2.21. The highest BCUT2D eigenvalue weighted by atomic mass is 79.9. The van der Waals surface area contributed by atoms with Crippen LogP contribution >= 0.6 is 15.9 Å². The van der Waals surface area contributed by atoms with E-state index in [2.05, 4.69) is 40.0 Å². The molecule has 2 rings (SSSR count). The molecule has 0 saturated heterocycles. The van der Waals surface area contributed by atoms with Gasteiger partial charge in [0, 0.05) is 11.5 Å². The molecule has 0 unspecified atom stereocenters. The number of alkyl halides is 1. The van der Waals surface area contributed by atoms with Gasteiger partial charge >= 0.3 is 0 Å². The Morgan fingerprint density at radius 2 is 2.05 bits per heavy atom. The van der Waals surface area contributed by atoms with E-state index in [1.165, 1.54) is 19.3 Å². The fourth-order valence-corrected chi connectivity index (χ4v) is 2.36. The Morgan fingerprint density at radius 3 is 2.85 bits per heavy atom. The summed E-state index contributed by atoms with van der Waals surface area (Å²) in [7, 11) is 0. The molecule has 20 heavy (non-hydrogen) atoms. The molecule has 0 N–H and O–H groups in total. The number of aromatic nitrogens is 1. The number of rotatable bonds is 7. The summed E-state index contributed by atoms with van der Waals surface area (Å²) in [4.78, 5) is 4.52. The molecule has 0 spiro atoms. The van der Waals surface area contributed by atoms with Crippen LogP contribution < -0.4 is 4.74 Å². The molecule has 0 fully saturated rings. The normalized spacial score (nSPS) is 11.8. The molecule has 1 aromatic carbocycles. The van der Waals surface area contributed by atoms with Gasteiger partial charge in [0.15, 0.2) is 0 Å². The number of unbranched alkanes of at least 4 members (excludes halogenated alkanes) is 3. The minimum absolute atomic E-state index is 0.657. The summed E-state index contributed by atoms with van der Waals surface area (Å²) in [5.41, 5.74) is 0.963. The number of allylic oxidation sites excluding steroid dienone is 2. The zero-order chi connectivity index (χ0) is 14.2. The number of fused-ring (bicyclic) bond motifs is 1. The fraction of sp³-hybridized carbons (Fsp3) is 0.353. The molecule has 0 radical (unpaired) electrons. The predicted octanol–water partition coefficient (Wildman–Crippen LogP) is 5.47. The fourth-order valence-electron chi connectivity index (χ4n) is 2.02. The van der Waals surface area contributed by atoms with Gasteiger partial charge in [0.25, 0.3) is 0 Å². The van der Waals surface area contributed by atoms with Crippen molar-refractivity contribution in [2.45, 2.75) is 32.6 Å². The van der Waals surface area contributed by atoms with E-state index in [0.717, 1.165) is 23.1 Å². The number of nitrogens with zero attached hydrogens (tertiary/aromatic N) is 1. The summed E-state index contributed by atoms with van der Waals surface area (Å²) < 4.78 is 5.86. The number of hydrogen-bond acceptors (Lipinski definition) is 2. The minimum atomic E-state index is 0.657. The van der Waals surface area contributed by atoms with Gasteiger partial charge in [0.1, 0.15) is 5.76 Å². The third-order valence-corrected chi connectivity index (χ3v) is 3.67. The van der Waals surface area contributed by atoms with E-state index >= 15 is 0 Å². The van der Waals surface area contributed by atoms with Gasteiger partial charge in [-0.1, -0.05) is 53.9 Å². The molecule has 1 heterocycles. The van der Waals surface area contributed by atoms with Crippen molar-refractivity contribution >= 4 is 26.8 Å². The SMILES string of the molecule is CCCCC/C=C(/CBr)Oc1ccc2ccccc2n1. The standard InChI is InChI=1S/C17H20BrNO/c1-2-3-4-5-9-15(13-18)20-17-12-11-14-8-6-7-10-16(14)19-17/h6-12H,2-5,13H2,1H3/b15-9-. The third kappa shape index (κ3) is 4.34. The maximum atomic E-state index is 5.86. The van der Waals surface area contributed by atoms with Crippen molar-refractivity contribution in [1.29, 1.82) is 0 Å². The van der Waals surface area contributed by atoms with Crippen LogP contribution in [0.4, 0.5) is 0 Å². The molecule has 0 bridgehead atoms. The lowest BCUT2D eigenvalue weighted by molar-refractivity contribution is 0.413. The van der Waals surface area contributed by atoms with Crippen LogP contribution in [-0.4, -0.2) is 10.3 Å². The van der Waals surface area contributed by atoms with Gasteiger partial charge in [-0.3, -0.25) is 0 Å². The third-order valence-electron chi connectivity index (χ3n) is 3.12. The van der Waals surface area contributed by atoms with Gasteiger partial charge in [0.05, 0.1) is 10.8 Å². The monoisotopic (exact) mass is 333 g/mol. The molecular formula is C17H20BrNO. The van der Waals surface area contributed by atoms with Gasteiger partial charge < -0.3 is 4.74 Å². The Morgan fingerprint density at radius 1 is 1.20 bits per heavy atom. The molecule has 0 aliphatic rings. The minimum Gasteiger partial charge on any atom is -0.443 e. The molecule has 1 aromatic heterocycles. The molecule has 0 atom stereocenters. The lowest BCUT2D eigenvalue weighted by Gasteiger charge is -2.08. The summed E-state index contributed by atoms with van der Waals surface area (Å²) in [6.07, 6.45) is 6.93. The molecule has 0 aliphatic heterocycles. The number of halogens is 1. The topological polar surface area (TPSA) is 22.1 Å². The first-order valence-corrected chi connectivity index (χ1v) is 8.24. The average molecular weight is 334 g/mol. The van der Waals surface area contributed by atoms with E-state index in [-0.39, 0.29) is 0 Å². The quantitative estimate of drug-likeness (QED) is 0.380. The molecule has 106 valence electrons. The second kappa shape index (κ2) is 8.05. The Bertz CT molecular complexity index is 580. The van der Waals surface area contributed by atoms with Crippen molar-refractivity contribution in [3.05, 3.63) is 48.2 Å². The molecule has 0 saturated carbocycles. The lowest BCUT2D eigenvalue weighted by Crippen LogP contribution is -1.98. The van der Waals surface area contributed by atoms with Gasteiger partial charge in [-0.25, -0.2) is 4.98 Å². The Balaban J connectivity index is 2.05. The van der Waals surface area contributed by atoms with E-state index in [0.29, 0.717) is 11.2 Å². The number of hydrogen-bond donors (Lipinski definition) is 0. The number of para-hydroxylation sites is 1. The van der Waals surface area contributed by atoms with Crippen molar-refractivity contribution in [3.8, 4) is 5.88 Å². The van der Waals surface area contributed by atoms with Crippen LogP contribution in [0.25, 0.3) is 10.9 Å². The number of benzene rings is 1. The van der Waals surface area contributed by atoms with Crippen LogP contribution in [-0.2, 0) is 0 Å². The van der Waals surface area contributed by atoms with Gasteiger partial charge in [0.2, 0.25) is 5.88 Å². The summed E-state index contributed by atoms with van der Waals surface area (Å²) in [5.74, 6) is 1.59. The molecular weight excluding hydrogens is 314 g/mol. The van der Waals surface area contributed by atoms with Gasteiger partial charge in [-0.15, -0.1) is 0 Å². The van der Waals surface area contributed by atoms with Crippen LogP contribution in [0, 0.1) is 0 Å². The van der Waals surface area contributed by atoms with Crippen LogP contribution in [0.1, 0.15) is 32.6 Å². The molecule has 2 aromatic rings. The first kappa shape index (κ1) is 15.0. The van der Waals surface area contributed by atoms with E-state index in [4.69, 9.17) is 4.74 Å². The van der Waals surface area contributed by atoms with Crippen molar-refractivity contribution in [3.63, 3.8) is 0 Å². The second-order valence-corrected chi connectivity index (χ2v) is 5.30. The highest BCUT2D eigenvalue weighted by molar-refractivity contribution is 9.09. The summed E-state index contributed by atoms with van der Waals surface area (Å²) in [6, 6.07) is 12.0. The maximum absolute atomic E-state index is 5.86. The lowest BCUT2D eigenvalue weighted by atomic mass is 10.2. The van der Waals surface area contributed by atoms with Gasteiger partial charge in [-0.05, 0) is 31.1 Å². The zero-order valence-electron chi connectivity index (χ0n) is 11.8. The highest BCUT2D eigenvalue weighted by Crippen LogP contribution is 2.19. The van der Waals surface area contributed by atoms with E-state index in [1.54, 1.807) is 0 Å². The van der Waals surface area contributed by atoms with E-state index < -0.39 is 0 Å². The summed E-state index contributed by atoms with van der Waals surface area (Å²) in [5, 5.41) is 1.85. The zero-order valence-corrected chi connectivity index (χ0v) is 13.4. The first-order valence-electron chi connectivity index (χ1n) is 7.12. The largest absolute Gasteiger partial charge is 0.443 e.